The van der Waals surface area contributed by atoms with Gasteiger partial charge in [-0.15, -0.1) is 0 Å². The number of hydrogen-bond donors (Lipinski definition) is 2. The molecule has 1 saturated carbocycles. The first-order valence-corrected chi connectivity index (χ1v) is 5.62. The van der Waals surface area contributed by atoms with E-state index in [0.29, 0.717) is 5.92 Å². The molecule has 0 aromatic carbocycles. The van der Waals surface area contributed by atoms with Gasteiger partial charge in [-0.2, -0.15) is 5.10 Å². The molecule has 1 aliphatic rings. The number of aromatic nitrogens is 2. The van der Waals surface area contributed by atoms with Gasteiger partial charge in [0.25, 0.3) is 0 Å². The number of nitrogens with two attached hydrogens (primary N) is 1. The van der Waals surface area contributed by atoms with E-state index in [1.54, 1.807) is 6.20 Å². The molecule has 2 unspecified atom stereocenters. The minimum atomic E-state index is -0.114. The van der Waals surface area contributed by atoms with Gasteiger partial charge in [0.05, 0.1) is 23.7 Å². The van der Waals surface area contributed by atoms with Crippen LogP contribution in [0.5, 0.6) is 0 Å². The van der Waals surface area contributed by atoms with Crippen LogP contribution in [0.15, 0.2) is 6.20 Å². The lowest BCUT2D eigenvalue weighted by Gasteiger charge is -2.26. The lowest BCUT2D eigenvalue weighted by atomic mass is 9.87. The topological polar surface area (TPSA) is 64.1 Å². The fourth-order valence-corrected chi connectivity index (χ4v) is 2.32. The van der Waals surface area contributed by atoms with Crippen molar-refractivity contribution in [1.82, 2.24) is 9.78 Å². The largest absolute Gasteiger partial charge is 0.396 e. The first-order chi connectivity index (χ1) is 7.16. The highest BCUT2D eigenvalue weighted by Crippen LogP contribution is 2.26. The average Bonchev–Trinajstić information content (AvgIpc) is 2.50. The summed E-state index contributed by atoms with van der Waals surface area (Å²) in [6, 6.07) is 0. The van der Waals surface area contributed by atoms with Gasteiger partial charge < -0.3 is 10.8 Å². The maximum atomic E-state index is 9.58. The minimum Gasteiger partial charge on any atom is -0.396 e. The predicted molar refractivity (Wildman–Crippen MR) is 59.3 cm³/mol. The Bertz CT molecular complexity index is 335. The molecule has 1 aliphatic carbocycles. The zero-order valence-electron chi connectivity index (χ0n) is 9.19. The molecule has 0 saturated heterocycles. The molecule has 2 atom stereocenters. The third kappa shape index (κ3) is 2.31. The molecule has 1 heterocycles. The number of hydrogen-bond acceptors (Lipinski definition) is 3. The van der Waals surface area contributed by atoms with Crippen LogP contribution in [0, 0.1) is 12.8 Å². The highest BCUT2D eigenvalue weighted by atomic mass is 16.3. The van der Waals surface area contributed by atoms with Crippen molar-refractivity contribution in [2.75, 3.05) is 5.73 Å². The lowest BCUT2D eigenvalue weighted by Crippen LogP contribution is -2.23. The second-order valence-electron chi connectivity index (χ2n) is 4.55. The van der Waals surface area contributed by atoms with Crippen LogP contribution in [-0.4, -0.2) is 21.0 Å². The molecule has 0 amide bonds. The highest BCUT2D eigenvalue weighted by molar-refractivity contribution is 5.39. The van der Waals surface area contributed by atoms with Gasteiger partial charge in [0.2, 0.25) is 0 Å². The van der Waals surface area contributed by atoms with Crippen LogP contribution in [0.1, 0.15) is 31.4 Å². The van der Waals surface area contributed by atoms with Crippen LogP contribution in [0.2, 0.25) is 0 Å². The molecule has 1 aromatic heterocycles. The molecule has 4 nitrogen and oxygen atoms in total. The van der Waals surface area contributed by atoms with E-state index in [1.807, 2.05) is 11.6 Å². The Hall–Kier alpha value is -1.03. The molecule has 2 rings (SSSR count). The van der Waals surface area contributed by atoms with Crippen molar-refractivity contribution in [3.63, 3.8) is 0 Å². The Morgan fingerprint density at radius 2 is 2.40 bits per heavy atom. The summed E-state index contributed by atoms with van der Waals surface area (Å²) in [5.41, 5.74) is 7.53. The maximum Gasteiger partial charge on any atom is 0.0730 e. The third-order valence-electron chi connectivity index (χ3n) is 3.33. The highest BCUT2D eigenvalue weighted by Gasteiger charge is 2.21. The van der Waals surface area contributed by atoms with Crippen LogP contribution in [-0.2, 0) is 6.54 Å². The predicted octanol–water partition coefficient (Wildman–Crippen LogP) is 1.32. The van der Waals surface area contributed by atoms with E-state index >= 15 is 0 Å². The first kappa shape index (κ1) is 10.5. The smallest absolute Gasteiger partial charge is 0.0730 e. The van der Waals surface area contributed by atoms with Gasteiger partial charge in [0.1, 0.15) is 0 Å². The quantitative estimate of drug-likeness (QED) is 0.772. The monoisotopic (exact) mass is 209 g/mol. The Balaban J connectivity index is 1.99. The molecule has 84 valence electrons. The van der Waals surface area contributed by atoms with Gasteiger partial charge >= 0.3 is 0 Å². The molecule has 4 heteroatoms. The van der Waals surface area contributed by atoms with Gasteiger partial charge in [-0.25, -0.2) is 0 Å². The Morgan fingerprint density at radius 1 is 1.60 bits per heavy atom. The standard InChI is InChI=1S/C11H19N3O/c1-8-11(12)6-13-14(8)7-9-3-2-4-10(15)5-9/h6,9-10,15H,2-5,7,12H2,1H3. The Kier molecular flexibility index (Phi) is 2.95. The van der Waals surface area contributed by atoms with Gasteiger partial charge in [-0.05, 0) is 32.1 Å². The van der Waals surface area contributed by atoms with E-state index < -0.39 is 0 Å². The molecule has 0 radical (unpaired) electrons. The molecule has 1 aromatic rings. The molecule has 0 aliphatic heterocycles. The molecule has 0 spiro atoms. The summed E-state index contributed by atoms with van der Waals surface area (Å²) < 4.78 is 1.96. The zero-order valence-corrected chi connectivity index (χ0v) is 9.19. The van der Waals surface area contributed by atoms with Crippen molar-refractivity contribution in [3.8, 4) is 0 Å². The SMILES string of the molecule is Cc1c(N)cnn1CC1CCCC(O)C1. The summed E-state index contributed by atoms with van der Waals surface area (Å²) in [7, 11) is 0. The Labute approximate surface area is 90.1 Å². The van der Waals surface area contributed by atoms with Crippen molar-refractivity contribution in [2.24, 2.45) is 5.92 Å². The second kappa shape index (κ2) is 4.23. The third-order valence-corrected chi connectivity index (χ3v) is 3.33. The number of rotatable bonds is 2. The van der Waals surface area contributed by atoms with Crippen molar-refractivity contribution in [3.05, 3.63) is 11.9 Å². The van der Waals surface area contributed by atoms with Gasteiger partial charge in [-0.1, -0.05) is 6.42 Å². The number of nitrogen functional groups attached to an aromatic ring is 1. The normalized spacial score (nSPS) is 26.8. The van der Waals surface area contributed by atoms with Crippen LogP contribution < -0.4 is 5.73 Å². The summed E-state index contributed by atoms with van der Waals surface area (Å²) in [4.78, 5) is 0. The number of nitrogens with zero attached hydrogens (tertiary/aromatic N) is 2. The van der Waals surface area contributed by atoms with Crippen molar-refractivity contribution >= 4 is 5.69 Å². The van der Waals surface area contributed by atoms with Crippen molar-refractivity contribution in [2.45, 2.75) is 45.3 Å². The number of aliphatic hydroxyl groups excluding tert-OH is 1. The van der Waals surface area contributed by atoms with Crippen LogP contribution in [0.4, 0.5) is 5.69 Å². The zero-order chi connectivity index (χ0) is 10.8. The van der Waals surface area contributed by atoms with E-state index in [9.17, 15) is 5.11 Å². The number of anilines is 1. The number of aliphatic hydroxyl groups is 1. The van der Waals surface area contributed by atoms with Crippen molar-refractivity contribution < 1.29 is 5.11 Å². The van der Waals surface area contributed by atoms with Crippen LogP contribution in [0.25, 0.3) is 0 Å². The van der Waals surface area contributed by atoms with Crippen LogP contribution >= 0.6 is 0 Å². The van der Waals surface area contributed by atoms with E-state index in [4.69, 9.17) is 5.73 Å². The summed E-state index contributed by atoms with van der Waals surface area (Å²) >= 11 is 0. The molecule has 1 fully saturated rings. The molecule has 15 heavy (non-hydrogen) atoms. The van der Waals surface area contributed by atoms with E-state index in [1.165, 1.54) is 6.42 Å². The average molecular weight is 209 g/mol. The first-order valence-electron chi connectivity index (χ1n) is 5.62. The summed E-state index contributed by atoms with van der Waals surface area (Å²) in [5.74, 6) is 0.548. The van der Waals surface area contributed by atoms with Crippen LogP contribution in [0.3, 0.4) is 0 Å². The maximum absolute atomic E-state index is 9.58. The van der Waals surface area contributed by atoms with Gasteiger partial charge in [-0.3, -0.25) is 4.68 Å². The minimum absolute atomic E-state index is 0.114. The lowest BCUT2D eigenvalue weighted by molar-refractivity contribution is 0.0939. The van der Waals surface area contributed by atoms with Crippen molar-refractivity contribution in [1.29, 1.82) is 0 Å². The second-order valence-corrected chi connectivity index (χ2v) is 4.55. The van der Waals surface area contributed by atoms with E-state index in [-0.39, 0.29) is 6.10 Å². The fraction of sp³-hybridized carbons (Fsp3) is 0.727. The fourth-order valence-electron chi connectivity index (χ4n) is 2.32. The molecular formula is C11H19N3O. The molecule has 0 bridgehead atoms. The van der Waals surface area contributed by atoms with Gasteiger partial charge in [0, 0.05) is 6.54 Å². The van der Waals surface area contributed by atoms with E-state index in [2.05, 4.69) is 5.10 Å². The van der Waals surface area contributed by atoms with E-state index in [0.717, 1.165) is 37.2 Å². The summed E-state index contributed by atoms with van der Waals surface area (Å²) in [6.45, 7) is 2.88. The summed E-state index contributed by atoms with van der Waals surface area (Å²) in [5, 5.41) is 13.8. The van der Waals surface area contributed by atoms with Gasteiger partial charge in [0.15, 0.2) is 0 Å². The summed E-state index contributed by atoms with van der Waals surface area (Å²) in [6.07, 6.45) is 5.76. The Morgan fingerprint density at radius 3 is 3.00 bits per heavy atom. The molecular weight excluding hydrogens is 190 g/mol. The molecule has 3 N–H and O–H groups in total.